The van der Waals surface area contributed by atoms with Crippen LogP contribution >= 0.6 is 0 Å². The van der Waals surface area contributed by atoms with Gasteiger partial charge < -0.3 is 4.57 Å². The smallest absolute Gasteiger partial charge is 0.161 e. The van der Waals surface area contributed by atoms with Gasteiger partial charge in [-0.3, -0.25) is 0 Å². The highest BCUT2D eigenvalue weighted by molar-refractivity contribution is 6.19. The maximum atomic E-state index is 5.61. The molecule has 10 aromatic carbocycles. The van der Waals surface area contributed by atoms with Crippen molar-refractivity contribution in [1.82, 2.24) is 14.5 Å². The highest BCUT2D eigenvalue weighted by Crippen LogP contribution is 2.43. The van der Waals surface area contributed by atoms with Gasteiger partial charge in [0.25, 0.3) is 0 Å². The Balaban J connectivity index is 1.13. The van der Waals surface area contributed by atoms with Crippen molar-refractivity contribution in [2.24, 2.45) is 0 Å². The first kappa shape index (κ1) is 34.9. The van der Waals surface area contributed by atoms with Crippen LogP contribution in [0.1, 0.15) is 0 Å². The molecule has 0 amide bonds. The summed E-state index contributed by atoms with van der Waals surface area (Å²) in [5, 5.41) is 9.46. The molecule has 0 aliphatic rings. The minimum Gasteiger partial charge on any atom is -0.309 e. The van der Waals surface area contributed by atoms with Crippen LogP contribution in [0, 0.1) is 0 Å². The van der Waals surface area contributed by atoms with Crippen molar-refractivity contribution in [3.63, 3.8) is 0 Å². The summed E-state index contributed by atoms with van der Waals surface area (Å²) in [6.45, 7) is 0. The molecular weight excluding hydrogens is 739 g/mol. The molecule has 0 saturated carbocycles. The van der Waals surface area contributed by atoms with E-state index < -0.39 is 0 Å². The maximum absolute atomic E-state index is 5.61. The number of aromatic nitrogens is 3. The Kier molecular flexibility index (Phi) is 8.17. The van der Waals surface area contributed by atoms with Crippen molar-refractivity contribution >= 4 is 54.1 Å². The van der Waals surface area contributed by atoms with Gasteiger partial charge in [0, 0.05) is 33.2 Å². The molecule has 0 aliphatic carbocycles. The number of hydrogen-bond donors (Lipinski definition) is 0. The Morgan fingerprint density at radius 1 is 0.295 bits per heavy atom. The Bertz CT molecular complexity index is 3640. The lowest BCUT2D eigenvalue weighted by Crippen LogP contribution is -1.99. The predicted octanol–water partition coefficient (Wildman–Crippen LogP) is 15.4. The summed E-state index contributed by atoms with van der Waals surface area (Å²) >= 11 is 0. The number of nitrogens with zero attached hydrogens (tertiary/aromatic N) is 3. The maximum Gasteiger partial charge on any atom is 0.161 e. The number of benzene rings is 10. The summed E-state index contributed by atoms with van der Waals surface area (Å²) in [7, 11) is 0. The Hall–Kier alpha value is -8.14. The molecule has 12 rings (SSSR count). The third-order valence-electron chi connectivity index (χ3n) is 12.2. The summed E-state index contributed by atoms with van der Waals surface area (Å²) in [5.74, 6) is 0.698. The van der Waals surface area contributed by atoms with Crippen LogP contribution in [0.15, 0.2) is 224 Å². The van der Waals surface area contributed by atoms with E-state index >= 15 is 0 Å². The van der Waals surface area contributed by atoms with Gasteiger partial charge in [0.05, 0.1) is 22.4 Å². The second-order valence-corrected chi connectivity index (χ2v) is 15.7. The van der Waals surface area contributed by atoms with Crippen LogP contribution in [0.3, 0.4) is 0 Å². The van der Waals surface area contributed by atoms with Gasteiger partial charge in [0.2, 0.25) is 0 Å². The summed E-state index contributed by atoms with van der Waals surface area (Å²) < 4.78 is 2.37. The van der Waals surface area contributed by atoms with Gasteiger partial charge >= 0.3 is 0 Å². The minimum absolute atomic E-state index is 0.698. The number of fused-ring (bicyclic) bond motifs is 7. The minimum atomic E-state index is 0.698. The van der Waals surface area contributed by atoms with Gasteiger partial charge in [-0.25, -0.2) is 9.97 Å². The number of hydrogen-bond acceptors (Lipinski definition) is 2. The molecule has 0 bridgehead atoms. The van der Waals surface area contributed by atoms with E-state index in [1.165, 1.54) is 38.0 Å². The fraction of sp³-hybridized carbons (Fsp3) is 0. The van der Waals surface area contributed by atoms with Gasteiger partial charge in [-0.05, 0) is 97.0 Å². The lowest BCUT2D eigenvalue weighted by atomic mass is 9.92. The average Bonchev–Trinajstić information content (AvgIpc) is 3.67. The molecule has 61 heavy (non-hydrogen) atoms. The van der Waals surface area contributed by atoms with Crippen LogP contribution in [0.5, 0.6) is 0 Å². The summed E-state index contributed by atoms with van der Waals surface area (Å²) in [5.41, 5.74) is 12.9. The normalized spacial score (nSPS) is 11.6. The quantitative estimate of drug-likeness (QED) is 0.124. The standard InChI is InChI=1S/C58H37N3/c1-3-17-38(18-4-1)43-23-11-13-27-47(43)53-37-54(60-58(59-53)57-46-26-10-8-20-40(46)35-51-44-24-9-7-19-39(44)31-33-50(51)57)48-28-14-12-25-45(48)41-32-34-56-52(36-41)49-29-15-16-30-55(49)61(56)42-21-5-2-6-22-42/h1-37H. The first-order valence-corrected chi connectivity index (χ1v) is 20.8. The second kappa shape index (κ2) is 14.3. The zero-order valence-corrected chi connectivity index (χ0v) is 33.2. The molecule has 0 radical (unpaired) electrons. The third-order valence-corrected chi connectivity index (χ3v) is 12.2. The SMILES string of the molecule is c1ccc(-c2ccccc2-c2cc(-c3ccccc3-c3ccc4c(c3)c3ccccc3n4-c3ccccc3)nc(-c3c4ccccc4cc4c3ccc3ccccc34)n2)cc1. The molecule has 0 unspecified atom stereocenters. The van der Waals surface area contributed by atoms with Gasteiger partial charge in [0.15, 0.2) is 5.82 Å². The summed E-state index contributed by atoms with van der Waals surface area (Å²) in [4.78, 5) is 11.2. The summed E-state index contributed by atoms with van der Waals surface area (Å²) in [6, 6.07) is 80.4. The lowest BCUT2D eigenvalue weighted by Gasteiger charge is -2.17. The molecule has 3 heteroatoms. The Morgan fingerprint density at radius 2 is 0.852 bits per heavy atom. The molecule has 3 nitrogen and oxygen atoms in total. The van der Waals surface area contributed by atoms with Crippen molar-refractivity contribution in [2.75, 3.05) is 0 Å². The molecule has 0 atom stereocenters. The predicted molar refractivity (Wildman–Crippen MR) is 256 cm³/mol. The fourth-order valence-electron chi connectivity index (χ4n) is 9.43. The molecule has 0 spiro atoms. The van der Waals surface area contributed by atoms with E-state index in [2.05, 4.69) is 229 Å². The van der Waals surface area contributed by atoms with E-state index in [1.54, 1.807) is 0 Å². The van der Waals surface area contributed by atoms with Crippen LogP contribution in [0.4, 0.5) is 0 Å². The van der Waals surface area contributed by atoms with E-state index in [4.69, 9.17) is 9.97 Å². The van der Waals surface area contributed by atoms with Crippen LogP contribution in [-0.2, 0) is 0 Å². The fourth-order valence-corrected chi connectivity index (χ4v) is 9.43. The van der Waals surface area contributed by atoms with E-state index in [0.29, 0.717) is 5.82 Å². The van der Waals surface area contributed by atoms with E-state index in [0.717, 1.165) is 72.2 Å². The second-order valence-electron chi connectivity index (χ2n) is 15.7. The van der Waals surface area contributed by atoms with E-state index in [-0.39, 0.29) is 0 Å². The molecule has 0 N–H and O–H groups in total. The van der Waals surface area contributed by atoms with Crippen LogP contribution in [0.2, 0.25) is 0 Å². The molecule has 2 heterocycles. The van der Waals surface area contributed by atoms with Gasteiger partial charge in [0.1, 0.15) is 0 Å². The average molecular weight is 776 g/mol. The van der Waals surface area contributed by atoms with Crippen molar-refractivity contribution in [3.05, 3.63) is 224 Å². The van der Waals surface area contributed by atoms with Crippen LogP contribution in [0.25, 0.3) is 116 Å². The zero-order valence-electron chi connectivity index (χ0n) is 33.2. The molecule has 0 aliphatic heterocycles. The lowest BCUT2D eigenvalue weighted by molar-refractivity contribution is 1.18. The van der Waals surface area contributed by atoms with Crippen molar-refractivity contribution in [3.8, 4) is 61.8 Å². The molecule has 0 fully saturated rings. The van der Waals surface area contributed by atoms with Crippen molar-refractivity contribution in [2.45, 2.75) is 0 Å². The van der Waals surface area contributed by atoms with Gasteiger partial charge in [-0.2, -0.15) is 0 Å². The van der Waals surface area contributed by atoms with Crippen LogP contribution < -0.4 is 0 Å². The van der Waals surface area contributed by atoms with Crippen LogP contribution in [-0.4, -0.2) is 14.5 Å². The molecule has 284 valence electrons. The molecule has 0 saturated heterocycles. The topological polar surface area (TPSA) is 30.7 Å². The highest BCUT2D eigenvalue weighted by atomic mass is 15.0. The van der Waals surface area contributed by atoms with Crippen molar-refractivity contribution < 1.29 is 0 Å². The van der Waals surface area contributed by atoms with Crippen molar-refractivity contribution in [1.29, 1.82) is 0 Å². The molecular formula is C58H37N3. The summed E-state index contributed by atoms with van der Waals surface area (Å²) in [6.07, 6.45) is 0. The molecule has 12 aromatic rings. The van der Waals surface area contributed by atoms with Gasteiger partial charge in [-0.15, -0.1) is 0 Å². The van der Waals surface area contributed by atoms with E-state index in [9.17, 15) is 0 Å². The number of rotatable bonds is 6. The Labute approximate surface area is 353 Å². The third kappa shape index (κ3) is 5.82. The monoisotopic (exact) mass is 775 g/mol. The van der Waals surface area contributed by atoms with E-state index in [1.807, 2.05) is 0 Å². The molecule has 2 aromatic heterocycles. The van der Waals surface area contributed by atoms with Gasteiger partial charge in [-0.1, -0.05) is 182 Å². The number of para-hydroxylation sites is 2. The zero-order chi connectivity index (χ0) is 40.3. The largest absolute Gasteiger partial charge is 0.309 e. The first-order chi connectivity index (χ1) is 30.3. The Morgan fingerprint density at radius 3 is 1.59 bits per heavy atom. The first-order valence-electron chi connectivity index (χ1n) is 20.8. The highest BCUT2D eigenvalue weighted by Gasteiger charge is 2.21.